The summed E-state index contributed by atoms with van der Waals surface area (Å²) in [6, 6.07) is 28.0. The van der Waals surface area contributed by atoms with Crippen molar-refractivity contribution < 1.29 is 14.3 Å². The van der Waals surface area contributed by atoms with Gasteiger partial charge in [-0.2, -0.15) is 0 Å². The fourth-order valence-electron chi connectivity index (χ4n) is 6.97. The lowest BCUT2D eigenvalue weighted by Crippen LogP contribution is -2.69. The molecule has 0 saturated carbocycles. The van der Waals surface area contributed by atoms with Crippen LogP contribution in [0.2, 0.25) is 0 Å². The average molecular weight is 569 g/mol. The molecule has 7 heteroatoms. The van der Waals surface area contributed by atoms with Gasteiger partial charge in [0.15, 0.2) is 0 Å². The number of primary amides is 1. The third-order valence-electron chi connectivity index (χ3n) is 9.06. The van der Waals surface area contributed by atoms with Crippen LogP contribution in [-0.4, -0.2) is 55.5 Å². The molecule has 2 amide bonds. The summed E-state index contributed by atoms with van der Waals surface area (Å²) in [5.41, 5.74) is 10.2. The molecule has 3 saturated heterocycles. The zero-order valence-corrected chi connectivity index (χ0v) is 25.2. The molecule has 5 atom stereocenters. The molecule has 7 nitrogen and oxygen atoms in total. The Hall–Kier alpha value is -3.68. The van der Waals surface area contributed by atoms with Crippen molar-refractivity contribution in [2.75, 3.05) is 26.7 Å². The lowest BCUT2D eigenvalue weighted by molar-refractivity contribution is -0.136. The fraction of sp³-hybridized carbons (Fsp3) is 0.429. The summed E-state index contributed by atoms with van der Waals surface area (Å²) >= 11 is 0. The van der Waals surface area contributed by atoms with Gasteiger partial charge in [-0.25, -0.2) is 0 Å². The van der Waals surface area contributed by atoms with Gasteiger partial charge < -0.3 is 21.1 Å². The Balaban J connectivity index is 1.53. The summed E-state index contributed by atoms with van der Waals surface area (Å²) in [7, 11) is 1.71. The SMILES string of the molecule is COc1ccc(C(C)(C)C)cc1CNC1C2CCN(CC2C(=O)NCC(N)=O)C1C(c1ccccc1)c1ccccc1. The maximum Gasteiger partial charge on any atom is 0.236 e. The van der Waals surface area contributed by atoms with Gasteiger partial charge >= 0.3 is 0 Å². The Labute approximate surface area is 249 Å². The van der Waals surface area contributed by atoms with Gasteiger partial charge in [0.25, 0.3) is 0 Å². The summed E-state index contributed by atoms with van der Waals surface area (Å²) in [5, 5.41) is 6.74. The minimum absolute atomic E-state index is 0.00842. The van der Waals surface area contributed by atoms with Gasteiger partial charge in [0.05, 0.1) is 19.6 Å². The summed E-state index contributed by atoms with van der Waals surface area (Å²) in [5.74, 6) is 0.201. The molecule has 3 aliphatic rings. The number of benzene rings is 3. The minimum atomic E-state index is -0.531. The summed E-state index contributed by atoms with van der Waals surface area (Å²) in [4.78, 5) is 27.3. The molecule has 6 rings (SSSR count). The van der Waals surface area contributed by atoms with Crippen LogP contribution in [-0.2, 0) is 21.5 Å². The highest BCUT2D eigenvalue weighted by molar-refractivity contribution is 5.85. The van der Waals surface area contributed by atoms with Crippen molar-refractivity contribution in [3.63, 3.8) is 0 Å². The van der Waals surface area contributed by atoms with Crippen LogP contribution in [0.25, 0.3) is 0 Å². The molecular formula is C35H44N4O3. The average Bonchev–Trinajstić information content (AvgIpc) is 3.00. The van der Waals surface area contributed by atoms with E-state index in [1.165, 1.54) is 16.7 Å². The van der Waals surface area contributed by atoms with Crippen LogP contribution in [0.5, 0.6) is 5.75 Å². The standard InChI is InChI=1S/C35H44N4O3/c1-35(2,3)26-15-16-29(42-4)25(19-26)20-37-32-27-17-18-39(22-28(27)34(41)38-21-30(36)40)33(32)31(23-11-7-5-8-12-23)24-13-9-6-10-14-24/h5-16,19,27-28,31-33,37H,17-18,20-22H2,1-4H3,(H2,36,40)(H,38,41). The first-order chi connectivity index (χ1) is 20.2. The molecule has 3 heterocycles. The van der Waals surface area contributed by atoms with E-state index >= 15 is 0 Å². The van der Waals surface area contributed by atoms with E-state index in [4.69, 9.17) is 10.5 Å². The lowest BCUT2D eigenvalue weighted by Gasteiger charge is -2.56. The number of hydrogen-bond donors (Lipinski definition) is 3. The van der Waals surface area contributed by atoms with Crippen LogP contribution < -0.4 is 21.1 Å². The van der Waals surface area contributed by atoms with Crippen LogP contribution in [0.1, 0.15) is 55.4 Å². The third-order valence-corrected chi connectivity index (χ3v) is 9.06. The van der Waals surface area contributed by atoms with Crippen LogP contribution in [0.4, 0.5) is 0 Å². The number of amides is 2. The number of fused-ring (bicyclic) bond motifs is 3. The molecule has 5 unspecified atom stereocenters. The normalized spacial score (nSPS) is 23.5. The first-order valence-electron chi connectivity index (χ1n) is 15.0. The number of nitrogens with one attached hydrogen (secondary N) is 2. The van der Waals surface area contributed by atoms with E-state index in [1.54, 1.807) is 7.11 Å². The largest absolute Gasteiger partial charge is 0.496 e. The zero-order chi connectivity index (χ0) is 29.9. The number of rotatable bonds is 10. The number of nitrogens with zero attached hydrogens (tertiary/aromatic N) is 1. The molecule has 3 fully saturated rings. The van der Waals surface area contributed by atoms with Crippen LogP contribution in [0, 0.1) is 11.8 Å². The maximum absolute atomic E-state index is 13.4. The number of carbonyl (C=O) groups excluding carboxylic acids is 2. The highest BCUT2D eigenvalue weighted by Crippen LogP contribution is 2.44. The lowest BCUT2D eigenvalue weighted by atomic mass is 9.66. The first kappa shape index (κ1) is 29.8. The van der Waals surface area contributed by atoms with Crippen LogP contribution in [0.15, 0.2) is 78.9 Å². The molecule has 0 aliphatic carbocycles. The molecular weight excluding hydrogens is 524 g/mol. The number of ether oxygens (including phenoxy) is 1. The van der Waals surface area contributed by atoms with Crippen molar-refractivity contribution >= 4 is 11.8 Å². The van der Waals surface area contributed by atoms with E-state index in [9.17, 15) is 9.59 Å². The van der Waals surface area contributed by atoms with Gasteiger partial charge in [0.1, 0.15) is 5.75 Å². The Kier molecular flexibility index (Phi) is 8.99. The first-order valence-corrected chi connectivity index (χ1v) is 15.0. The van der Waals surface area contributed by atoms with E-state index in [0.717, 1.165) is 24.3 Å². The van der Waals surface area contributed by atoms with Crippen molar-refractivity contribution in [1.82, 2.24) is 15.5 Å². The van der Waals surface area contributed by atoms with E-state index < -0.39 is 5.91 Å². The Morgan fingerprint density at radius 1 is 1.00 bits per heavy atom. The second-order valence-corrected chi connectivity index (χ2v) is 12.7. The van der Waals surface area contributed by atoms with Crippen molar-refractivity contribution in [1.29, 1.82) is 0 Å². The third kappa shape index (κ3) is 6.37. The maximum atomic E-state index is 13.4. The molecule has 2 bridgehead atoms. The number of hydrogen-bond acceptors (Lipinski definition) is 5. The van der Waals surface area contributed by atoms with Crippen LogP contribution in [0.3, 0.4) is 0 Å². The Morgan fingerprint density at radius 3 is 2.21 bits per heavy atom. The molecule has 0 spiro atoms. The fourth-order valence-corrected chi connectivity index (χ4v) is 6.97. The van der Waals surface area contributed by atoms with Crippen molar-refractivity contribution in [2.45, 2.75) is 57.2 Å². The quantitative estimate of drug-likeness (QED) is 0.341. The molecule has 222 valence electrons. The summed E-state index contributed by atoms with van der Waals surface area (Å²) in [6.07, 6.45) is 0.901. The monoisotopic (exact) mass is 568 g/mol. The second kappa shape index (κ2) is 12.7. The summed E-state index contributed by atoms with van der Waals surface area (Å²) < 4.78 is 5.78. The predicted octanol–water partition coefficient (Wildman–Crippen LogP) is 4.20. The van der Waals surface area contributed by atoms with E-state index in [0.29, 0.717) is 13.1 Å². The van der Waals surface area contributed by atoms with Gasteiger partial charge in [-0.05, 0) is 47.1 Å². The predicted molar refractivity (Wildman–Crippen MR) is 166 cm³/mol. The van der Waals surface area contributed by atoms with Gasteiger partial charge in [-0.1, -0.05) is 93.6 Å². The van der Waals surface area contributed by atoms with Crippen molar-refractivity contribution in [3.8, 4) is 5.75 Å². The molecule has 42 heavy (non-hydrogen) atoms. The van der Waals surface area contributed by atoms with Crippen LogP contribution >= 0.6 is 0 Å². The van der Waals surface area contributed by atoms with Crippen molar-refractivity contribution in [3.05, 3.63) is 101 Å². The molecule has 3 aromatic carbocycles. The van der Waals surface area contributed by atoms with Gasteiger partial charge in [-0.3, -0.25) is 14.5 Å². The number of carbonyl (C=O) groups is 2. The summed E-state index contributed by atoms with van der Waals surface area (Å²) in [6.45, 7) is 8.70. The molecule has 0 radical (unpaired) electrons. The van der Waals surface area contributed by atoms with Gasteiger partial charge in [-0.15, -0.1) is 0 Å². The highest BCUT2D eigenvalue weighted by Gasteiger charge is 2.52. The molecule has 3 aliphatic heterocycles. The molecule has 4 N–H and O–H groups in total. The number of piperidine rings is 3. The highest BCUT2D eigenvalue weighted by atomic mass is 16.5. The van der Waals surface area contributed by atoms with E-state index in [-0.39, 0.29) is 47.7 Å². The minimum Gasteiger partial charge on any atom is -0.496 e. The topological polar surface area (TPSA) is 96.7 Å². The van der Waals surface area contributed by atoms with E-state index in [1.807, 2.05) is 0 Å². The van der Waals surface area contributed by atoms with Gasteiger partial charge in [0.2, 0.25) is 11.8 Å². The molecule has 0 aromatic heterocycles. The van der Waals surface area contributed by atoms with Crippen molar-refractivity contribution in [2.24, 2.45) is 17.6 Å². The second-order valence-electron chi connectivity index (χ2n) is 12.7. The number of nitrogens with two attached hydrogens (primary N) is 1. The van der Waals surface area contributed by atoms with E-state index in [2.05, 4.69) is 115 Å². The smallest absolute Gasteiger partial charge is 0.236 e. The number of methoxy groups -OCH3 is 1. The Bertz CT molecular complexity index is 1330. The molecule has 3 aromatic rings. The Morgan fingerprint density at radius 2 is 1.64 bits per heavy atom. The zero-order valence-electron chi connectivity index (χ0n) is 25.2. The van der Waals surface area contributed by atoms with Gasteiger partial charge in [0, 0.05) is 36.7 Å².